The van der Waals surface area contributed by atoms with Gasteiger partial charge in [-0.3, -0.25) is 24.4 Å². The van der Waals surface area contributed by atoms with Crippen molar-refractivity contribution in [3.8, 4) is 56.3 Å². The number of nitrogens with zero attached hydrogens (tertiary/aromatic N) is 8. The maximum atomic E-state index is 14.1. The van der Waals surface area contributed by atoms with Gasteiger partial charge in [0, 0.05) is 102 Å². The Morgan fingerprint density at radius 2 is 0.931 bits per heavy atom. The lowest BCUT2D eigenvalue weighted by Crippen LogP contribution is -2.54. The van der Waals surface area contributed by atoms with E-state index in [9.17, 15) is 38.4 Å². The van der Waals surface area contributed by atoms with Crippen LogP contribution in [0.4, 0.5) is 29.7 Å². The molecule has 0 unspecified atom stereocenters. The van der Waals surface area contributed by atoms with Crippen LogP contribution in [0.3, 0.4) is 0 Å². The molecular formula is C96H120N14O21. The zero-order chi connectivity index (χ0) is 93.9. The maximum absolute atomic E-state index is 14.1. The first-order chi connectivity index (χ1) is 62.5. The van der Waals surface area contributed by atoms with Crippen LogP contribution in [0.2, 0.25) is 0 Å². The van der Waals surface area contributed by atoms with Crippen LogP contribution in [0.25, 0.3) is 77.3 Å². The number of amides is 7. The summed E-state index contributed by atoms with van der Waals surface area (Å²) >= 11 is 0. The zero-order valence-corrected chi connectivity index (χ0v) is 77.7. The molecule has 35 heteroatoms. The lowest BCUT2D eigenvalue weighted by Gasteiger charge is -2.30. The highest BCUT2D eigenvalue weighted by molar-refractivity contribution is 6.08. The third kappa shape index (κ3) is 20.7. The molecule has 4 fully saturated rings. The minimum absolute atomic E-state index is 0.0514. The van der Waals surface area contributed by atoms with E-state index in [0.29, 0.717) is 89.4 Å². The summed E-state index contributed by atoms with van der Waals surface area (Å²) in [4.78, 5) is 138. The number of fused-ring (bicyclic) bond motifs is 12. The molecule has 131 heavy (non-hydrogen) atoms. The van der Waals surface area contributed by atoms with Gasteiger partial charge in [0.1, 0.15) is 65.5 Å². The van der Waals surface area contributed by atoms with Crippen molar-refractivity contribution < 1.29 is 100 Å². The summed E-state index contributed by atoms with van der Waals surface area (Å²) in [7, 11) is 11.4. The van der Waals surface area contributed by atoms with E-state index in [1.807, 2.05) is 64.8 Å². The molecule has 7 aliphatic rings. The summed E-state index contributed by atoms with van der Waals surface area (Å²) in [6, 6.07) is 25.5. The molecule has 0 radical (unpaired) electrons. The van der Waals surface area contributed by atoms with Crippen LogP contribution in [-0.4, -0.2) is 259 Å². The number of hydrogen-bond acceptors (Lipinski definition) is 24. The van der Waals surface area contributed by atoms with E-state index in [0.717, 1.165) is 143 Å². The Morgan fingerprint density at radius 3 is 1.42 bits per heavy atom. The molecule has 14 atom stereocenters. The van der Waals surface area contributed by atoms with E-state index in [-0.39, 0.29) is 59.9 Å². The maximum Gasteiger partial charge on any atom is 0.410 e. The van der Waals surface area contributed by atoms with Gasteiger partial charge in [0.05, 0.1) is 118 Å². The Balaban J connectivity index is 0.000000188. The number of methoxy groups -OCH3 is 8. The first-order valence-corrected chi connectivity index (χ1v) is 44.2. The highest BCUT2D eigenvalue weighted by Gasteiger charge is 2.47. The third-order valence-corrected chi connectivity index (χ3v) is 25.2. The van der Waals surface area contributed by atoms with Gasteiger partial charge in [0.2, 0.25) is 11.8 Å². The number of alkyl carbamates (subject to hydrolysis) is 3. The van der Waals surface area contributed by atoms with Crippen LogP contribution in [-0.2, 0) is 81.4 Å². The number of rotatable bonds is 22. The summed E-state index contributed by atoms with van der Waals surface area (Å²) in [5, 5.41) is 20.2. The van der Waals surface area contributed by atoms with Crippen molar-refractivity contribution in [1.29, 1.82) is 0 Å². The highest BCUT2D eigenvalue weighted by atomic mass is 16.6. The number of nitrogens with one attached hydrogen (secondary N) is 6. The molecule has 6 aromatic carbocycles. The van der Waals surface area contributed by atoms with Gasteiger partial charge in [-0.05, 0) is 203 Å². The number of aromatic amines is 3. The van der Waals surface area contributed by atoms with Crippen LogP contribution < -0.4 is 25.4 Å². The quantitative estimate of drug-likeness (QED) is 0.0310. The number of imidazole rings is 3. The van der Waals surface area contributed by atoms with Crippen LogP contribution >= 0.6 is 0 Å². The molecule has 7 aliphatic heterocycles. The van der Waals surface area contributed by atoms with Crippen molar-refractivity contribution in [3.05, 3.63) is 131 Å². The average Bonchev–Trinajstić information content (AvgIpc) is 1.71. The molecule has 0 spiro atoms. The second kappa shape index (κ2) is 39.7. The molecule has 700 valence electrons. The smallest absolute Gasteiger partial charge is 0.410 e. The molecule has 7 amide bonds. The van der Waals surface area contributed by atoms with Gasteiger partial charge < -0.3 is 103 Å². The van der Waals surface area contributed by atoms with Crippen molar-refractivity contribution in [2.24, 2.45) is 28.7 Å². The largest absolute Gasteiger partial charge is 0.488 e. The predicted molar refractivity (Wildman–Crippen MR) is 487 cm³/mol. The Morgan fingerprint density at radius 1 is 0.496 bits per heavy atom. The minimum Gasteiger partial charge on any atom is -0.488 e. The molecule has 9 aromatic rings. The van der Waals surface area contributed by atoms with Crippen LogP contribution in [0.15, 0.2) is 102 Å². The number of aromatic nitrogens is 6. The molecule has 10 heterocycles. The van der Waals surface area contributed by atoms with Gasteiger partial charge in [0.25, 0.3) is 0 Å². The normalized spacial score (nSPS) is 20.9. The second-order valence-corrected chi connectivity index (χ2v) is 36.9. The Bertz CT molecular complexity index is 5790. The van der Waals surface area contributed by atoms with Gasteiger partial charge in [0.15, 0.2) is 6.04 Å². The SMILES string of the molecule is COC(=O)N[C@H](C(=O)O)[C@@H](C)OC.COC[C@H]1C[C@@H](C2=Nc3ccc4cc5c(cc4c3C2)OCc2cc(-c3cnc([C@@H]4C[C@H](C)CN4C(=O)OC(C)(C)C)[nH]3)ccc2-5)N(C(=O)OC(C)(C)C)C1.COC[C@H]1C[C@@H](c2nc3c(ccc4cc5c(cc43)OCc3cc(-c4cnc([C@@H]6C[C@H](C)CN6C(=O)[C@@H](NC(=O)OC)[C@@H](C)OC)[nH]4)ccc3-5)[nH]2)N(C(=O)[C@@H](NC(=O)OC)[C@@H](C)OC)C1. The molecule has 0 bridgehead atoms. The number of benzene rings is 6. The van der Waals surface area contributed by atoms with Gasteiger partial charge >= 0.3 is 36.4 Å². The van der Waals surface area contributed by atoms with Gasteiger partial charge in [-0.15, -0.1) is 0 Å². The topological polar surface area (TPSA) is 415 Å². The van der Waals surface area contributed by atoms with E-state index < -0.39 is 77.9 Å². The molecular weight excluding hydrogens is 1690 g/mol. The number of ether oxygens (including phenoxy) is 12. The molecule has 3 aromatic heterocycles. The number of carbonyl (C=O) groups is 8. The van der Waals surface area contributed by atoms with Crippen molar-refractivity contribution in [2.75, 3.05) is 96.3 Å². The molecule has 35 nitrogen and oxygen atoms in total. The van der Waals surface area contributed by atoms with E-state index >= 15 is 0 Å². The van der Waals surface area contributed by atoms with Crippen molar-refractivity contribution >= 4 is 92.2 Å². The zero-order valence-electron chi connectivity index (χ0n) is 77.7. The molecule has 0 aliphatic carbocycles. The van der Waals surface area contributed by atoms with Crippen molar-refractivity contribution in [3.63, 3.8) is 0 Å². The summed E-state index contributed by atoms with van der Waals surface area (Å²) in [5.41, 5.74) is 13.5. The number of hydrogen-bond donors (Lipinski definition) is 7. The minimum atomic E-state index is -1.17. The number of H-pyrrole nitrogens is 3. The van der Waals surface area contributed by atoms with E-state index in [1.165, 1.54) is 42.5 Å². The number of likely N-dealkylation sites (tertiary alicyclic amines) is 4. The van der Waals surface area contributed by atoms with Crippen molar-refractivity contribution in [2.45, 2.75) is 193 Å². The molecule has 7 N–H and O–H groups in total. The number of carboxylic acid groups (broad SMARTS) is 1. The summed E-state index contributed by atoms with van der Waals surface area (Å²) in [5.74, 6) is 2.75. The predicted octanol–water partition coefficient (Wildman–Crippen LogP) is 14.5. The van der Waals surface area contributed by atoms with E-state index in [2.05, 4.69) is 122 Å². The van der Waals surface area contributed by atoms with Crippen LogP contribution in [0.1, 0.15) is 154 Å². The Kier molecular flexibility index (Phi) is 28.7. The number of aliphatic carboxylic acids is 1. The fourth-order valence-electron chi connectivity index (χ4n) is 18.6. The molecule has 16 rings (SSSR count). The lowest BCUT2D eigenvalue weighted by molar-refractivity contribution is -0.142. The summed E-state index contributed by atoms with van der Waals surface area (Å²) < 4.78 is 65.0. The first-order valence-electron chi connectivity index (χ1n) is 44.2. The molecule has 0 saturated carbocycles. The van der Waals surface area contributed by atoms with Gasteiger partial charge in [-0.25, -0.2) is 43.7 Å². The van der Waals surface area contributed by atoms with Gasteiger partial charge in [-0.2, -0.15) is 0 Å². The van der Waals surface area contributed by atoms with Crippen molar-refractivity contribution in [1.82, 2.24) is 65.5 Å². The summed E-state index contributed by atoms with van der Waals surface area (Å²) in [6.07, 6.45) is 2.59. The number of carboxylic acids is 1. The standard InChI is InChI=1S/C46H56N8O10.C43H51N5O6.C7H13NO5/c1-23-13-35(53(19-23)43(55)38(24(2)60-5)51-45(57)62-7)41-47-18-34(49-41)28-9-11-30-29(15-28)22-64-37-17-31-27(16-32(30)37)10-12-33-40(31)50-42(48-33)36-14-26(21-59-4)20-54(36)44(56)39(25(3)61-6)52-46(58)63-8;1-24-13-37(47(20-24)40(49)53-42(2,3)4)39-44-19-35(46-39)27-9-11-29-28(15-27)23-52-38-18-30-26(16-32(29)38)10-12-33-31(30)17-34(45-33)36-14-25(22-51-8)21-48(36)41(50)54-43(5,6)7;1-4(12-2)5(6(9)10)8-7(11)13-3/h9-12,15-18,23-26,35-36,38-39H,13-14,19-22H2,1-8H3,(H,47,49)(H,48,50)(H,51,57)(H,52,58);9-12,15-16,18-19,24-25,36-37H,13-14,17,20-23H2,1-8H3,(H,44,46);4-5H,1-3H3,(H,8,11)(H,9,10)/t23-,24+,25+,26-,35-,36-,38-,39-;24-,25-,36-,37-;4-,5+/m001/s1. The number of carbonyl (C=O) groups excluding carboxylic acids is 7. The number of aliphatic imine (C=N–C) groups is 1. The fraction of sp³-hybridized carbons (Fsp3) is 0.500. The average molecular weight is 1810 g/mol. The Labute approximate surface area is 760 Å². The Hall–Kier alpha value is -12.4. The first kappa shape index (κ1) is 94.7. The van der Waals surface area contributed by atoms with Crippen LogP contribution in [0.5, 0.6) is 11.5 Å². The van der Waals surface area contributed by atoms with Crippen LogP contribution in [0, 0.1) is 23.7 Å². The monoisotopic (exact) mass is 1800 g/mol. The third-order valence-electron chi connectivity index (χ3n) is 25.2. The highest BCUT2D eigenvalue weighted by Crippen LogP contribution is 2.49. The second-order valence-electron chi connectivity index (χ2n) is 36.9. The lowest BCUT2D eigenvalue weighted by atomic mass is 9.90. The van der Waals surface area contributed by atoms with E-state index in [4.69, 9.17) is 77.2 Å². The van der Waals surface area contributed by atoms with E-state index in [1.54, 1.807) is 49.0 Å². The van der Waals surface area contributed by atoms with Gasteiger partial charge in [-0.1, -0.05) is 50.2 Å². The fourth-order valence-corrected chi connectivity index (χ4v) is 18.6. The molecule has 4 saturated heterocycles. The summed E-state index contributed by atoms with van der Waals surface area (Å²) in [6.45, 7) is 24.6.